The van der Waals surface area contributed by atoms with Gasteiger partial charge in [-0.05, 0) is 31.2 Å². The van der Waals surface area contributed by atoms with Crippen LogP contribution >= 0.6 is 0 Å². The Labute approximate surface area is 110 Å². The molecule has 0 amide bonds. The minimum atomic E-state index is 0.144. The highest BCUT2D eigenvalue weighted by molar-refractivity contribution is 5.97. The summed E-state index contributed by atoms with van der Waals surface area (Å²) in [5.41, 5.74) is 8.12. The van der Waals surface area contributed by atoms with Gasteiger partial charge in [-0.2, -0.15) is 0 Å². The van der Waals surface area contributed by atoms with Crippen LogP contribution in [0.5, 0.6) is 0 Å². The molecule has 1 fully saturated rings. The zero-order valence-corrected chi connectivity index (χ0v) is 11.2. The molecule has 0 aromatic heterocycles. The Morgan fingerprint density at radius 2 is 2.00 bits per heavy atom. The summed E-state index contributed by atoms with van der Waals surface area (Å²) >= 11 is 0. The van der Waals surface area contributed by atoms with Gasteiger partial charge in [-0.1, -0.05) is 44.0 Å². The molecule has 2 atom stereocenters. The van der Waals surface area contributed by atoms with Crippen LogP contribution in [-0.4, -0.2) is 11.8 Å². The molecular formula is C16H23NO. The maximum Gasteiger partial charge on any atom is 0.165 e. The number of Topliss-reactive ketones (excluding diaryl/α,β-unsaturated/α-hetero) is 1. The van der Waals surface area contributed by atoms with Gasteiger partial charge >= 0.3 is 0 Å². The number of rotatable bonds is 4. The van der Waals surface area contributed by atoms with Crippen molar-refractivity contribution in [3.63, 3.8) is 0 Å². The first-order valence-corrected chi connectivity index (χ1v) is 7.09. The molecule has 1 aliphatic carbocycles. The minimum Gasteiger partial charge on any atom is -0.328 e. The maximum atomic E-state index is 12.4. The SMILES string of the molecule is CCCc1ccc(C(=O)C2CCCC(N)C2)cc1. The molecule has 1 saturated carbocycles. The normalized spacial score (nSPS) is 23.9. The Hall–Kier alpha value is -1.15. The lowest BCUT2D eigenvalue weighted by Crippen LogP contribution is -2.31. The molecule has 0 heterocycles. The lowest BCUT2D eigenvalue weighted by atomic mass is 9.81. The van der Waals surface area contributed by atoms with E-state index in [1.54, 1.807) is 0 Å². The molecule has 2 heteroatoms. The van der Waals surface area contributed by atoms with Crippen LogP contribution in [0.4, 0.5) is 0 Å². The molecule has 2 N–H and O–H groups in total. The van der Waals surface area contributed by atoms with Gasteiger partial charge in [0.05, 0.1) is 0 Å². The second kappa shape index (κ2) is 6.14. The van der Waals surface area contributed by atoms with Crippen molar-refractivity contribution < 1.29 is 4.79 Å². The number of hydrogen-bond donors (Lipinski definition) is 1. The summed E-state index contributed by atoms with van der Waals surface area (Å²) in [7, 11) is 0. The molecule has 1 aliphatic rings. The molecule has 0 bridgehead atoms. The predicted molar refractivity (Wildman–Crippen MR) is 74.7 cm³/mol. The van der Waals surface area contributed by atoms with Crippen molar-refractivity contribution in [1.29, 1.82) is 0 Å². The van der Waals surface area contributed by atoms with Crippen molar-refractivity contribution >= 4 is 5.78 Å². The van der Waals surface area contributed by atoms with Gasteiger partial charge < -0.3 is 5.73 Å². The fourth-order valence-corrected chi connectivity index (χ4v) is 2.83. The summed E-state index contributed by atoms with van der Waals surface area (Å²) in [6.07, 6.45) is 6.25. The molecule has 1 aromatic carbocycles. The highest BCUT2D eigenvalue weighted by Crippen LogP contribution is 2.26. The van der Waals surface area contributed by atoms with Gasteiger partial charge in [0.1, 0.15) is 0 Å². The van der Waals surface area contributed by atoms with Crippen molar-refractivity contribution in [2.75, 3.05) is 0 Å². The van der Waals surface area contributed by atoms with Crippen LogP contribution in [0.2, 0.25) is 0 Å². The number of benzene rings is 1. The van der Waals surface area contributed by atoms with Crippen LogP contribution in [-0.2, 0) is 6.42 Å². The quantitative estimate of drug-likeness (QED) is 0.827. The third-order valence-electron chi connectivity index (χ3n) is 3.86. The molecule has 18 heavy (non-hydrogen) atoms. The van der Waals surface area contributed by atoms with Crippen LogP contribution < -0.4 is 5.73 Å². The summed E-state index contributed by atoms with van der Waals surface area (Å²) in [4.78, 5) is 12.4. The summed E-state index contributed by atoms with van der Waals surface area (Å²) < 4.78 is 0. The molecule has 2 nitrogen and oxygen atoms in total. The lowest BCUT2D eigenvalue weighted by molar-refractivity contribution is 0.0881. The summed E-state index contributed by atoms with van der Waals surface area (Å²) in [6.45, 7) is 2.17. The van der Waals surface area contributed by atoms with Gasteiger partial charge in [-0.25, -0.2) is 0 Å². The number of nitrogens with two attached hydrogens (primary N) is 1. The second-order valence-electron chi connectivity index (χ2n) is 5.43. The molecular weight excluding hydrogens is 222 g/mol. The Morgan fingerprint density at radius 3 is 2.61 bits per heavy atom. The molecule has 0 saturated heterocycles. The van der Waals surface area contributed by atoms with Gasteiger partial charge in [0, 0.05) is 17.5 Å². The monoisotopic (exact) mass is 245 g/mol. The number of ketones is 1. The van der Waals surface area contributed by atoms with Gasteiger partial charge in [-0.3, -0.25) is 4.79 Å². The average Bonchev–Trinajstić information content (AvgIpc) is 2.39. The zero-order chi connectivity index (χ0) is 13.0. The van der Waals surface area contributed by atoms with E-state index in [2.05, 4.69) is 19.1 Å². The molecule has 1 aromatic rings. The third kappa shape index (κ3) is 3.20. The molecule has 2 rings (SSSR count). The predicted octanol–water partition coefficient (Wildman–Crippen LogP) is 3.34. The fourth-order valence-electron chi connectivity index (χ4n) is 2.83. The van der Waals surface area contributed by atoms with E-state index in [4.69, 9.17) is 5.73 Å². The number of aryl methyl sites for hydroxylation is 1. The van der Waals surface area contributed by atoms with Crippen LogP contribution in [0.3, 0.4) is 0 Å². The molecule has 0 radical (unpaired) electrons. The first kappa shape index (κ1) is 13.3. The van der Waals surface area contributed by atoms with E-state index in [1.165, 1.54) is 5.56 Å². The molecule has 98 valence electrons. The van der Waals surface area contributed by atoms with Crippen molar-refractivity contribution in [3.05, 3.63) is 35.4 Å². The Morgan fingerprint density at radius 1 is 1.28 bits per heavy atom. The van der Waals surface area contributed by atoms with Crippen molar-refractivity contribution in [2.45, 2.75) is 51.5 Å². The Bertz CT molecular complexity index is 396. The smallest absolute Gasteiger partial charge is 0.165 e. The van der Waals surface area contributed by atoms with Crippen molar-refractivity contribution in [1.82, 2.24) is 0 Å². The van der Waals surface area contributed by atoms with E-state index >= 15 is 0 Å². The van der Waals surface area contributed by atoms with Crippen LogP contribution in [0, 0.1) is 5.92 Å². The number of hydrogen-bond acceptors (Lipinski definition) is 2. The number of carbonyl (C=O) groups is 1. The highest BCUT2D eigenvalue weighted by atomic mass is 16.1. The van der Waals surface area contributed by atoms with Crippen molar-refractivity contribution in [3.8, 4) is 0 Å². The van der Waals surface area contributed by atoms with Crippen LogP contribution in [0.15, 0.2) is 24.3 Å². The maximum absolute atomic E-state index is 12.4. The second-order valence-corrected chi connectivity index (χ2v) is 5.43. The van der Waals surface area contributed by atoms with E-state index in [0.717, 1.165) is 44.1 Å². The van der Waals surface area contributed by atoms with E-state index in [-0.39, 0.29) is 17.7 Å². The topological polar surface area (TPSA) is 43.1 Å². The Balaban J connectivity index is 2.03. The lowest BCUT2D eigenvalue weighted by Gasteiger charge is -2.25. The van der Waals surface area contributed by atoms with E-state index in [0.29, 0.717) is 0 Å². The van der Waals surface area contributed by atoms with Crippen molar-refractivity contribution in [2.24, 2.45) is 11.7 Å². The van der Waals surface area contributed by atoms with Gasteiger partial charge in [0.2, 0.25) is 0 Å². The average molecular weight is 245 g/mol. The highest BCUT2D eigenvalue weighted by Gasteiger charge is 2.25. The van der Waals surface area contributed by atoms with E-state index in [1.807, 2.05) is 12.1 Å². The largest absolute Gasteiger partial charge is 0.328 e. The van der Waals surface area contributed by atoms with Gasteiger partial charge in [-0.15, -0.1) is 0 Å². The molecule has 0 spiro atoms. The minimum absolute atomic E-state index is 0.144. The fraction of sp³-hybridized carbons (Fsp3) is 0.562. The third-order valence-corrected chi connectivity index (χ3v) is 3.86. The summed E-state index contributed by atoms with van der Waals surface area (Å²) in [5, 5.41) is 0. The molecule has 0 aliphatic heterocycles. The molecule has 2 unspecified atom stereocenters. The van der Waals surface area contributed by atoms with Gasteiger partial charge in [0.25, 0.3) is 0 Å². The van der Waals surface area contributed by atoms with Gasteiger partial charge in [0.15, 0.2) is 5.78 Å². The van der Waals surface area contributed by atoms with E-state index in [9.17, 15) is 4.79 Å². The first-order chi connectivity index (χ1) is 8.70. The zero-order valence-electron chi connectivity index (χ0n) is 11.2. The summed E-state index contributed by atoms with van der Waals surface area (Å²) in [5.74, 6) is 0.430. The van der Waals surface area contributed by atoms with Crippen LogP contribution in [0.25, 0.3) is 0 Å². The van der Waals surface area contributed by atoms with Crippen LogP contribution in [0.1, 0.15) is 54.9 Å². The Kier molecular flexibility index (Phi) is 4.54. The summed E-state index contributed by atoms with van der Waals surface area (Å²) in [6, 6.07) is 8.34. The first-order valence-electron chi connectivity index (χ1n) is 7.09. The van der Waals surface area contributed by atoms with E-state index < -0.39 is 0 Å². The standard InChI is InChI=1S/C16H23NO/c1-2-4-12-7-9-13(10-8-12)16(18)14-5-3-6-15(17)11-14/h7-10,14-15H,2-6,11,17H2,1H3. The number of carbonyl (C=O) groups excluding carboxylic acids is 1.